The topological polar surface area (TPSA) is 63.7 Å². The lowest BCUT2D eigenvalue weighted by Crippen LogP contribution is -2.44. The van der Waals surface area contributed by atoms with Gasteiger partial charge in [0.25, 0.3) is 0 Å². The number of amides is 2. The van der Waals surface area contributed by atoms with Gasteiger partial charge in [-0.05, 0) is 72.2 Å². The highest BCUT2D eigenvalue weighted by Gasteiger charge is 2.62. The Balaban J connectivity index is 1.12. The summed E-state index contributed by atoms with van der Waals surface area (Å²) in [5.74, 6) is -1.000. The Morgan fingerprint density at radius 3 is 1.62 bits per heavy atom. The SMILES string of the molecule is O=C(Oc1ccc(Cl)cc1)C1CCC(N2C(=O)[C@@H]3C4c5ccccc5C(c5ccccc54)[C@H]3C2=O)CC1. The van der Waals surface area contributed by atoms with Crippen LogP contribution in [0, 0.1) is 17.8 Å². The van der Waals surface area contributed by atoms with Gasteiger partial charge in [0.15, 0.2) is 0 Å². The van der Waals surface area contributed by atoms with Crippen molar-refractivity contribution in [2.24, 2.45) is 17.8 Å². The zero-order valence-electron chi connectivity index (χ0n) is 20.2. The highest BCUT2D eigenvalue weighted by atomic mass is 35.5. The minimum absolute atomic E-state index is 0.0406. The van der Waals surface area contributed by atoms with E-state index in [1.165, 1.54) is 22.3 Å². The smallest absolute Gasteiger partial charge is 0.314 e. The molecule has 1 aliphatic heterocycles. The van der Waals surface area contributed by atoms with E-state index in [0.29, 0.717) is 36.5 Å². The number of halogens is 1. The Morgan fingerprint density at radius 1 is 0.703 bits per heavy atom. The maximum absolute atomic E-state index is 13.9. The van der Waals surface area contributed by atoms with Gasteiger partial charge in [0.05, 0.1) is 17.8 Å². The van der Waals surface area contributed by atoms with Crippen molar-refractivity contribution in [1.29, 1.82) is 0 Å². The summed E-state index contributed by atoms with van der Waals surface area (Å²) in [6, 6.07) is 23.2. The van der Waals surface area contributed by atoms with E-state index in [0.717, 1.165) is 0 Å². The molecule has 8 rings (SSSR count). The molecule has 0 unspecified atom stereocenters. The molecule has 2 atom stereocenters. The molecule has 2 bridgehead atoms. The third-order valence-corrected chi connectivity index (χ3v) is 9.16. The van der Waals surface area contributed by atoms with Crippen molar-refractivity contribution in [3.63, 3.8) is 0 Å². The largest absolute Gasteiger partial charge is 0.426 e. The Labute approximate surface area is 220 Å². The molecule has 5 aliphatic rings. The first kappa shape index (κ1) is 22.7. The summed E-state index contributed by atoms with van der Waals surface area (Å²) in [4.78, 5) is 42.2. The highest BCUT2D eigenvalue weighted by Crippen LogP contribution is 2.61. The number of likely N-dealkylation sites (tertiary alicyclic amines) is 1. The normalized spacial score (nSPS) is 29.5. The zero-order valence-corrected chi connectivity index (χ0v) is 20.9. The lowest BCUT2D eigenvalue weighted by Gasteiger charge is -2.45. The van der Waals surface area contributed by atoms with Gasteiger partial charge < -0.3 is 4.74 Å². The van der Waals surface area contributed by atoms with Crippen LogP contribution in [0.3, 0.4) is 0 Å². The van der Waals surface area contributed by atoms with Gasteiger partial charge in [0.1, 0.15) is 5.75 Å². The second-order valence-electron chi connectivity index (χ2n) is 10.7. The Bertz CT molecular complexity index is 1310. The molecule has 1 saturated carbocycles. The van der Waals surface area contributed by atoms with Gasteiger partial charge >= 0.3 is 5.97 Å². The highest BCUT2D eigenvalue weighted by molar-refractivity contribution is 6.30. The molecule has 1 heterocycles. The van der Waals surface area contributed by atoms with E-state index in [1.807, 2.05) is 24.3 Å². The number of hydrogen-bond acceptors (Lipinski definition) is 4. The van der Waals surface area contributed by atoms with Crippen LogP contribution in [0.4, 0.5) is 0 Å². The van der Waals surface area contributed by atoms with E-state index in [2.05, 4.69) is 24.3 Å². The predicted octanol–water partition coefficient (Wildman–Crippen LogP) is 5.70. The van der Waals surface area contributed by atoms with E-state index in [-0.39, 0.29) is 53.4 Å². The minimum atomic E-state index is -0.352. The number of nitrogens with zero attached hydrogens (tertiary/aromatic N) is 1. The molecule has 0 aromatic heterocycles. The number of benzene rings is 3. The molecule has 4 aliphatic carbocycles. The molecule has 5 nitrogen and oxygen atoms in total. The van der Waals surface area contributed by atoms with Gasteiger partial charge in [-0.3, -0.25) is 19.3 Å². The monoisotopic (exact) mass is 511 g/mol. The van der Waals surface area contributed by atoms with Crippen LogP contribution in [0.15, 0.2) is 72.8 Å². The number of rotatable bonds is 3. The van der Waals surface area contributed by atoms with E-state index in [1.54, 1.807) is 29.2 Å². The van der Waals surface area contributed by atoms with Crippen molar-refractivity contribution < 1.29 is 19.1 Å². The van der Waals surface area contributed by atoms with E-state index in [4.69, 9.17) is 16.3 Å². The van der Waals surface area contributed by atoms with Crippen LogP contribution in [0.1, 0.15) is 59.8 Å². The summed E-state index contributed by atoms with van der Waals surface area (Å²) in [6.07, 6.45) is 2.42. The van der Waals surface area contributed by atoms with Crippen molar-refractivity contribution >= 4 is 29.4 Å². The van der Waals surface area contributed by atoms with Gasteiger partial charge in [0.2, 0.25) is 11.8 Å². The lowest BCUT2D eigenvalue weighted by atomic mass is 9.55. The Kier molecular flexibility index (Phi) is 5.26. The van der Waals surface area contributed by atoms with Crippen LogP contribution in [0.2, 0.25) is 5.02 Å². The fourth-order valence-electron chi connectivity index (χ4n) is 7.33. The van der Waals surface area contributed by atoms with E-state index >= 15 is 0 Å². The number of carbonyl (C=O) groups is 3. The molecule has 0 spiro atoms. The molecular weight excluding hydrogens is 486 g/mol. The van der Waals surface area contributed by atoms with Crippen LogP contribution in [0.25, 0.3) is 0 Å². The molecule has 6 heteroatoms. The summed E-state index contributed by atoms with van der Waals surface area (Å²) >= 11 is 5.92. The average molecular weight is 512 g/mol. The van der Waals surface area contributed by atoms with Gasteiger partial charge in [-0.1, -0.05) is 60.1 Å². The second kappa shape index (κ2) is 8.56. The van der Waals surface area contributed by atoms with Crippen molar-refractivity contribution in [1.82, 2.24) is 4.90 Å². The van der Waals surface area contributed by atoms with E-state index in [9.17, 15) is 14.4 Å². The molecule has 0 radical (unpaired) electrons. The fraction of sp³-hybridized carbons (Fsp3) is 0.323. The van der Waals surface area contributed by atoms with Crippen LogP contribution in [-0.4, -0.2) is 28.7 Å². The maximum atomic E-state index is 13.9. The maximum Gasteiger partial charge on any atom is 0.314 e. The Hall–Kier alpha value is -3.44. The zero-order chi connectivity index (χ0) is 25.3. The second-order valence-corrected chi connectivity index (χ2v) is 11.1. The lowest BCUT2D eigenvalue weighted by molar-refractivity contribution is -0.144. The van der Waals surface area contributed by atoms with Crippen LogP contribution in [0.5, 0.6) is 5.75 Å². The van der Waals surface area contributed by atoms with Crippen molar-refractivity contribution in [2.45, 2.75) is 43.6 Å². The number of ether oxygens (including phenoxy) is 1. The number of esters is 1. The molecule has 2 fully saturated rings. The number of hydrogen-bond donors (Lipinski definition) is 0. The predicted molar refractivity (Wildman–Crippen MR) is 138 cm³/mol. The first-order chi connectivity index (χ1) is 18.0. The van der Waals surface area contributed by atoms with Gasteiger partial charge in [-0.2, -0.15) is 0 Å². The quantitative estimate of drug-likeness (QED) is 0.257. The molecule has 37 heavy (non-hydrogen) atoms. The molecule has 0 N–H and O–H groups in total. The molecule has 1 saturated heterocycles. The molecular formula is C31H26ClNO4. The third kappa shape index (κ3) is 3.40. The minimum Gasteiger partial charge on any atom is -0.426 e. The van der Waals surface area contributed by atoms with Crippen molar-refractivity contribution in [3.05, 3.63) is 100 Å². The summed E-state index contributed by atoms with van der Waals surface area (Å²) in [6.45, 7) is 0. The van der Waals surface area contributed by atoms with Crippen molar-refractivity contribution in [2.75, 3.05) is 0 Å². The third-order valence-electron chi connectivity index (χ3n) is 8.91. The summed E-state index contributed by atoms with van der Waals surface area (Å²) in [5, 5.41) is 0.584. The summed E-state index contributed by atoms with van der Waals surface area (Å²) in [7, 11) is 0. The van der Waals surface area contributed by atoms with Gasteiger partial charge in [-0.15, -0.1) is 0 Å². The summed E-state index contributed by atoms with van der Waals surface area (Å²) < 4.78 is 5.55. The standard InChI is InChI=1S/C31H26ClNO4/c32-18-11-15-20(16-12-18)37-31(36)17-9-13-19(14-10-17)33-29(34)27-25-21-5-1-2-6-22(21)26(28(27)30(33)35)24-8-4-3-7-23(24)25/h1-8,11-12,15-17,19,25-28H,9-10,13-14H2/t17?,19?,25?,26?,27-,28-/m1/s1. The number of imide groups is 1. The number of carbonyl (C=O) groups excluding carboxylic acids is 3. The molecule has 2 amide bonds. The first-order valence-corrected chi connectivity index (χ1v) is 13.4. The molecule has 3 aromatic carbocycles. The fourth-order valence-corrected chi connectivity index (χ4v) is 7.46. The Morgan fingerprint density at radius 2 is 1.16 bits per heavy atom. The van der Waals surface area contributed by atoms with Crippen LogP contribution < -0.4 is 4.74 Å². The van der Waals surface area contributed by atoms with Gasteiger partial charge in [-0.25, -0.2) is 0 Å². The van der Waals surface area contributed by atoms with Gasteiger partial charge in [0, 0.05) is 22.9 Å². The average Bonchev–Trinajstić information content (AvgIpc) is 3.20. The first-order valence-electron chi connectivity index (χ1n) is 13.0. The molecule has 186 valence electrons. The van der Waals surface area contributed by atoms with Crippen molar-refractivity contribution in [3.8, 4) is 5.75 Å². The van der Waals surface area contributed by atoms with Crippen LogP contribution >= 0.6 is 11.6 Å². The van der Waals surface area contributed by atoms with Crippen LogP contribution in [-0.2, 0) is 14.4 Å². The molecule has 3 aromatic rings. The summed E-state index contributed by atoms with van der Waals surface area (Å²) in [5.41, 5.74) is 4.74. The van der Waals surface area contributed by atoms with E-state index < -0.39 is 0 Å².